The number of unbranched alkanes of at least 4 members (excludes halogenated alkanes) is 9. The van der Waals surface area contributed by atoms with E-state index < -0.39 is 0 Å². The van der Waals surface area contributed by atoms with E-state index in [4.69, 9.17) is 4.74 Å². The Bertz CT molecular complexity index is 1130. The fourth-order valence-corrected chi connectivity index (χ4v) is 11.9. The van der Waals surface area contributed by atoms with Crippen molar-refractivity contribution in [1.82, 2.24) is 0 Å². The molecule has 0 radical (unpaired) electrons. The van der Waals surface area contributed by atoms with Gasteiger partial charge >= 0.3 is 5.97 Å². The lowest BCUT2D eigenvalue weighted by atomic mass is 9.43. The van der Waals surface area contributed by atoms with Crippen molar-refractivity contribution in [3.63, 3.8) is 0 Å². The second-order valence-electron chi connectivity index (χ2n) is 18.7. The predicted molar refractivity (Wildman–Crippen MR) is 207 cm³/mol. The molecule has 0 N–H and O–H groups in total. The highest BCUT2D eigenvalue weighted by Crippen LogP contribution is 2.72. The van der Waals surface area contributed by atoms with Crippen LogP contribution < -0.4 is 0 Å². The van der Waals surface area contributed by atoms with E-state index in [9.17, 15) is 4.79 Å². The van der Waals surface area contributed by atoms with Gasteiger partial charge in [-0.3, -0.25) is 4.79 Å². The Hall–Kier alpha value is -1.31. The van der Waals surface area contributed by atoms with Crippen LogP contribution in [0.4, 0.5) is 0 Å². The average molecular weight is 663 g/mol. The fourth-order valence-electron chi connectivity index (χ4n) is 11.9. The first-order valence-corrected chi connectivity index (χ1v) is 21.0. The van der Waals surface area contributed by atoms with Crippen LogP contribution in [-0.2, 0) is 9.53 Å². The molecule has 7 atom stereocenters. The molecule has 0 amide bonds. The summed E-state index contributed by atoms with van der Waals surface area (Å²) in [6.45, 7) is 22.2. The third-order valence-corrected chi connectivity index (χ3v) is 15.0. The van der Waals surface area contributed by atoms with Crippen LogP contribution >= 0.6 is 0 Å². The Morgan fingerprint density at radius 1 is 0.792 bits per heavy atom. The van der Waals surface area contributed by atoms with Gasteiger partial charge in [0.15, 0.2) is 0 Å². The third kappa shape index (κ3) is 8.58. The molecule has 2 heteroatoms. The van der Waals surface area contributed by atoms with Crippen molar-refractivity contribution in [3.8, 4) is 0 Å². The standard InChI is InChI=1S/C46H78O2/c1-10-11-12-13-14-15-16-17-18-19-20-21-22-26-42(47)48-41-31-32-44(7)38-30-34-45(8)37(36(4)25-23-24-35(2)3)29-33-46(45,9)39(38)27-28-40(44)43(41,5)6/h15-16,24,36-37,40-41H,10-14,17-23,25-34H2,1-9H3/b16-15-/t36-,37-,40+,41+,44-,45-,46+/m1/s1. The number of hydrogen-bond acceptors (Lipinski definition) is 2. The van der Waals surface area contributed by atoms with Crippen molar-refractivity contribution in [3.05, 3.63) is 34.9 Å². The minimum absolute atomic E-state index is 0.0179. The molecule has 2 nitrogen and oxygen atoms in total. The van der Waals surface area contributed by atoms with Crippen molar-refractivity contribution < 1.29 is 9.53 Å². The van der Waals surface area contributed by atoms with Crippen LogP contribution in [0.2, 0.25) is 0 Å². The van der Waals surface area contributed by atoms with E-state index in [1.165, 1.54) is 121 Å². The maximum atomic E-state index is 13.1. The summed E-state index contributed by atoms with van der Waals surface area (Å²) in [7, 11) is 0. The summed E-state index contributed by atoms with van der Waals surface area (Å²) in [6, 6.07) is 0. The number of rotatable bonds is 18. The van der Waals surface area contributed by atoms with E-state index in [-0.39, 0.29) is 22.9 Å². The highest BCUT2D eigenvalue weighted by atomic mass is 16.5. The number of allylic oxidation sites excluding steroid dienone is 6. The lowest BCUT2D eigenvalue weighted by Gasteiger charge is -2.62. The molecular weight excluding hydrogens is 585 g/mol. The van der Waals surface area contributed by atoms with Crippen molar-refractivity contribution in [2.75, 3.05) is 0 Å². The van der Waals surface area contributed by atoms with Gasteiger partial charge in [-0.2, -0.15) is 0 Å². The molecular formula is C46H78O2. The first kappa shape index (κ1) is 39.5. The van der Waals surface area contributed by atoms with E-state index >= 15 is 0 Å². The van der Waals surface area contributed by atoms with Gasteiger partial charge in [-0.25, -0.2) is 0 Å². The Balaban J connectivity index is 1.27. The van der Waals surface area contributed by atoms with E-state index in [1.54, 1.807) is 0 Å². The van der Waals surface area contributed by atoms with E-state index in [1.807, 2.05) is 11.1 Å². The third-order valence-electron chi connectivity index (χ3n) is 15.0. The summed E-state index contributed by atoms with van der Waals surface area (Å²) >= 11 is 0. The second kappa shape index (κ2) is 17.3. The van der Waals surface area contributed by atoms with Gasteiger partial charge in [-0.1, -0.05) is 122 Å². The lowest BCUT2D eigenvalue weighted by Crippen LogP contribution is -2.55. The molecule has 0 saturated heterocycles. The summed E-state index contributed by atoms with van der Waals surface area (Å²) < 4.78 is 6.37. The average Bonchev–Trinajstić information content (AvgIpc) is 3.31. The SMILES string of the molecule is CCCCCC/C=C\CCCCCCCC(=O)O[C@H]1CC[C@]2(C)C3=C(CC[C@H]2C1(C)C)[C@]1(C)CC[C@H]([C@H](C)CCC=C(C)C)[C@@]1(C)CC3. The van der Waals surface area contributed by atoms with Gasteiger partial charge in [-0.15, -0.1) is 0 Å². The zero-order chi connectivity index (χ0) is 35.0. The second-order valence-corrected chi connectivity index (χ2v) is 18.7. The molecule has 4 aliphatic carbocycles. The Labute approximate surface area is 298 Å². The van der Waals surface area contributed by atoms with Gasteiger partial charge in [0.05, 0.1) is 0 Å². The molecule has 0 aromatic carbocycles. The number of carbonyl (C=O) groups excluding carboxylic acids is 1. The van der Waals surface area contributed by atoms with Gasteiger partial charge in [-0.05, 0) is 144 Å². The summed E-state index contributed by atoms with van der Waals surface area (Å²) in [6.07, 6.45) is 34.3. The molecule has 4 rings (SSSR count). The number of ether oxygens (including phenoxy) is 1. The Kier molecular flexibility index (Phi) is 14.2. The molecule has 0 bridgehead atoms. The van der Waals surface area contributed by atoms with Crippen molar-refractivity contribution in [2.24, 2.45) is 39.4 Å². The normalized spacial score (nSPS) is 33.2. The number of fused-ring (bicyclic) bond motifs is 4. The molecule has 48 heavy (non-hydrogen) atoms. The highest BCUT2D eigenvalue weighted by molar-refractivity contribution is 5.69. The molecule has 0 unspecified atom stereocenters. The minimum Gasteiger partial charge on any atom is -0.462 e. The minimum atomic E-state index is 0.0179. The number of hydrogen-bond donors (Lipinski definition) is 0. The highest BCUT2D eigenvalue weighted by Gasteiger charge is 2.63. The number of esters is 1. The topological polar surface area (TPSA) is 26.3 Å². The van der Waals surface area contributed by atoms with Gasteiger partial charge < -0.3 is 4.74 Å². The van der Waals surface area contributed by atoms with E-state index in [2.05, 4.69) is 80.5 Å². The number of carbonyl (C=O) groups is 1. The van der Waals surface area contributed by atoms with Crippen LogP contribution in [0.5, 0.6) is 0 Å². The molecule has 0 aromatic rings. The Morgan fingerprint density at radius 3 is 2.15 bits per heavy atom. The van der Waals surface area contributed by atoms with Crippen molar-refractivity contribution in [1.29, 1.82) is 0 Å². The molecule has 0 spiro atoms. The molecule has 2 saturated carbocycles. The summed E-state index contributed by atoms with van der Waals surface area (Å²) in [5, 5.41) is 0. The Morgan fingerprint density at radius 2 is 1.46 bits per heavy atom. The quantitative estimate of drug-likeness (QED) is 0.0829. The largest absolute Gasteiger partial charge is 0.462 e. The zero-order valence-electron chi connectivity index (χ0n) is 33.4. The zero-order valence-corrected chi connectivity index (χ0v) is 33.4. The van der Waals surface area contributed by atoms with Crippen LogP contribution in [-0.4, -0.2) is 12.1 Å². The predicted octanol–water partition coefficient (Wildman–Crippen LogP) is 14.3. The van der Waals surface area contributed by atoms with Crippen molar-refractivity contribution >= 4 is 5.97 Å². The maximum absolute atomic E-state index is 13.1. The summed E-state index contributed by atoms with van der Waals surface area (Å²) in [5.74, 6) is 2.28. The fraction of sp³-hybridized carbons (Fsp3) is 0.848. The van der Waals surface area contributed by atoms with Crippen LogP contribution in [0.1, 0.15) is 204 Å². The van der Waals surface area contributed by atoms with E-state index in [0.717, 1.165) is 31.1 Å². The summed E-state index contributed by atoms with van der Waals surface area (Å²) in [4.78, 5) is 13.1. The van der Waals surface area contributed by atoms with Gasteiger partial charge in [0.2, 0.25) is 0 Å². The van der Waals surface area contributed by atoms with Gasteiger partial charge in [0.25, 0.3) is 0 Å². The smallest absolute Gasteiger partial charge is 0.306 e. The molecule has 0 aliphatic heterocycles. The molecule has 274 valence electrons. The van der Waals surface area contributed by atoms with E-state index in [0.29, 0.717) is 23.2 Å². The van der Waals surface area contributed by atoms with Crippen LogP contribution in [0, 0.1) is 39.4 Å². The first-order valence-electron chi connectivity index (χ1n) is 21.0. The monoisotopic (exact) mass is 663 g/mol. The van der Waals surface area contributed by atoms with Crippen molar-refractivity contribution in [2.45, 2.75) is 210 Å². The summed E-state index contributed by atoms with van der Waals surface area (Å²) in [5.41, 5.74) is 6.22. The molecule has 4 aliphatic rings. The molecule has 0 heterocycles. The van der Waals surface area contributed by atoms with Gasteiger partial charge in [0.1, 0.15) is 6.10 Å². The maximum Gasteiger partial charge on any atom is 0.306 e. The first-order chi connectivity index (χ1) is 22.8. The van der Waals surface area contributed by atoms with Crippen LogP contribution in [0.15, 0.2) is 34.9 Å². The van der Waals surface area contributed by atoms with Gasteiger partial charge in [0, 0.05) is 11.8 Å². The van der Waals surface area contributed by atoms with Crippen LogP contribution in [0.25, 0.3) is 0 Å². The van der Waals surface area contributed by atoms with Crippen LogP contribution in [0.3, 0.4) is 0 Å². The lowest BCUT2D eigenvalue weighted by molar-refractivity contribution is -0.170. The molecule has 0 aromatic heterocycles. The molecule has 2 fully saturated rings.